The molecule has 0 N–H and O–H groups in total. The first-order valence-electron chi connectivity index (χ1n) is 8.05. The van der Waals surface area contributed by atoms with Gasteiger partial charge >= 0.3 is 0 Å². The fourth-order valence-electron chi connectivity index (χ4n) is 3.24. The Kier molecular flexibility index (Phi) is 3.72. The summed E-state index contributed by atoms with van der Waals surface area (Å²) in [5, 5.41) is 0. The highest BCUT2D eigenvalue weighted by atomic mass is 16.1. The molecule has 0 bridgehead atoms. The number of benzene rings is 2. The van der Waals surface area contributed by atoms with Crippen LogP contribution in [0.1, 0.15) is 17.2 Å². The van der Waals surface area contributed by atoms with Crippen LogP contribution in [-0.4, -0.2) is 4.57 Å². The summed E-state index contributed by atoms with van der Waals surface area (Å²) < 4.78 is 1.89. The zero-order valence-corrected chi connectivity index (χ0v) is 13.2. The molecule has 4 rings (SSSR count). The van der Waals surface area contributed by atoms with Crippen LogP contribution in [-0.2, 0) is 0 Å². The molecule has 1 heterocycles. The van der Waals surface area contributed by atoms with Gasteiger partial charge in [0.25, 0.3) is 5.56 Å². The predicted molar refractivity (Wildman–Crippen MR) is 97.4 cm³/mol. The maximum absolute atomic E-state index is 12.8. The first-order valence-corrected chi connectivity index (χ1v) is 8.05. The number of fused-ring (bicyclic) bond motifs is 1. The molecule has 0 fully saturated rings. The van der Waals surface area contributed by atoms with Crippen LogP contribution in [0.5, 0.6) is 0 Å². The van der Waals surface area contributed by atoms with Crippen molar-refractivity contribution in [1.29, 1.82) is 0 Å². The second-order valence-electron chi connectivity index (χ2n) is 5.83. The minimum Gasteiger partial charge on any atom is -0.297 e. The molecule has 0 saturated heterocycles. The van der Waals surface area contributed by atoms with Gasteiger partial charge < -0.3 is 0 Å². The number of nitrogens with zero attached hydrogens (tertiary/aromatic N) is 1. The average Bonchev–Trinajstić information content (AvgIpc) is 2.79. The van der Waals surface area contributed by atoms with Gasteiger partial charge in [0.2, 0.25) is 0 Å². The van der Waals surface area contributed by atoms with Gasteiger partial charge in [-0.15, -0.1) is 0 Å². The van der Waals surface area contributed by atoms with Gasteiger partial charge in [-0.2, -0.15) is 0 Å². The van der Waals surface area contributed by atoms with Crippen molar-refractivity contribution in [1.82, 2.24) is 4.57 Å². The van der Waals surface area contributed by atoms with E-state index in [1.54, 1.807) is 6.07 Å². The van der Waals surface area contributed by atoms with Crippen LogP contribution in [0, 0.1) is 0 Å². The number of rotatable bonds is 3. The largest absolute Gasteiger partial charge is 0.297 e. The van der Waals surface area contributed by atoms with E-state index in [9.17, 15) is 4.79 Å². The monoisotopic (exact) mass is 311 g/mol. The maximum Gasteiger partial charge on any atom is 0.252 e. The lowest BCUT2D eigenvalue weighted by Crippen LogP contribution is -2.22. The summed E-state index contributed by atoms with van der Waals surface area (Å²) in [7, 11) is 0. The Morgan fingerprint density at radius 2 is 1.12 bits per heavy atom. The van der Waals surface area contributed by atoms with E-state index in [1.165, 1.54) is 0 Å². The Morgan fingerprint density at radius 1 is 0.625 bits per heavy atom. The maximum atomic E-state index is 12.8. The quantitative estimate of drug-likeness (QED) is 0.542. The lowest BCUT2D eigenvalue weighted by atomic mass is 9.98. The van der Waals surface area contributed by atoms with E-state index in [0.717, 1.165) is 22.4 Å². The normalized spacial score (nSPS) is 11.0. The number of aromatic nitrogens is 1. The fourth-order valence-corrected chi connectivity index (χ4v) is 3.24. The highest BCUT2D eigenvalue weighted by Crippen LogP contribution is 2.31. The van der Waals surface area contributed by atoms with Gasteiger partial charge in [-0.1, -0.05) is 84.9 Å². The molecular formula is C22H17NO. The average molecular weight is 311 g/mol. The van der Waals surface area contributed by atoms with Gasteiger partial charge in [0, 0.05) is 11.6 Å². The molecule has 2 aromatic carbocycles. The van der Waals surface area contributed by atoms with Crippen molar-refractivity contribution >= 4 is 0 Å². The van der Waals surface area contributed by atoms with Crippen molar-refractivity contribution in [3.8, 4) is 11.3 Å². The van der Waals surface area contributed by atoms with E-state index in [4.69, 9.17) is 0 Å². The van der Waals surface area contributed by atoms with E-state index in [0.29, 0.717) is 0 Å². The second-order valence-corrected chi connectivity index (χ2v) is 5.83. The molecule has 2 heteroatoms. The highest BCUT2D eigenvalue weighted by molar-refractivity contribution is 5.62. The van der Waals surface area contributed by atoms with E-state index in [2.05, 4.69) is 24.3 Å². The molecule has 116 valence electrons. The van der Waals surface area contributed by atoms with E-state index < -0.39 is 0 Å². The lowest BCUT2D eigenvalue weighted by Gasteiger charge is -2.21. The Balaban J connectivity index is 2.00. The van der Waals surface area contributed by atoms with Crippen molar-refractivity contribution in [3.05, 3.63) is 119 Å². The van der Waals surface area contributed by atoms with Gasteiger partial charge in [-0.3, -0.25) is 9.36 Å². The number of hydrogen-bond acceptors (Lipinski definition) is 1. The summed E-state index contributed by atoms with van der Waals surface area (Å²) in [5.74, 6) is 0. The molecule has 0 aromatic heterocycles. The van der Waals surface area contributed by atoms with E-state index in [1.807, 2.05) is 71.3 Å². The summed E-state index contributed by atoms with van der Waals surface area (Å²) >= 11 is 0. The van der Waals surface area contributed by atoms with Gasteiger partial charge in [0.05, 0.1) is 11.7 Å². The van der Waals surface area contributed by atoms with Crippen molar-refractivity contribution in [2.24, 2.45) is 0 Å². The van der Waals surface area contributed by atoms with Crippen molar-refractivity contribution in [2.75, 3.05) is 0 Å². The number of hydrogen-bond donors (Lipinski definition) is 0. The molecule has 2 nitrogen and oxygen atoms in total. The first-order chi connectivity index (χ1) is 11.8. The molecule has 0 atom stereocenters. The van der Waals surface area contributed by atoms with E-state index in [-0.39, 0.29) is 11.6 Å². The van der Waals surface area contributed by atoms with E-state index >= 15 is 0 Å². The van der Waals surface area contributed by atoms with Gasteiger partial charge in [-0.25, -0.2) is 0 Å². The van der Waals surface area contributed by atoms with Gasteiger partial charge in [0.1, 0.15) is 0 Å². The Morgan fingerprint density at radius 3 is 1.71 bits per heavy atom. The molecule has 0 saturated carbocycles. The van der Waals surface area contributed by atoms with Gasteiger partial charge in [0.15, 0.2) is 0 Å². The van der Waals surface area contributed by atoms with Crippen LogP contribution in [0.25, 0.3) is 11.3 Å². The Labute approximate surface area is 141 Å². The molecule has 0 radical (unpaired) electrons. The third-order valence-corrected chi connectivity index (χ3v) is 4.31. The zero-order chi connectivity index (χ0) is 16.4. The van der Waals surface area contributed by atoms with Crippen LogP contribution >= 0.6 is 0 Å². The van der Waals surface area contributed by atoms with Crippen LogP contribution in [0.15, 0.2) is 102 Å². The predicted octanol–water partition coefficient (Wildman–Crippen LogP) is 4.59. The lowest BCUT2D eigenvalue weighted by molar-refractivity contribution is 0.669. The standard InChI is InChI=1S/C22H17NO/c24-21-16-19-14-8-3-9-15-20(19)23(21)22(17-10-4-1-5-11-17)18-12-6-2-7-13-18/h1-16,22H. The molecular weight excluding hydrogens is 294 g/mol. The Hall–Kier alpha value is -3.13. The smallest absolute Gasteiger partial charge is 0.252 e. The second kappa shape index (κ2) is 6.17. The van der Waals surface area contributed by atoms with Crippen molar-refractivity contribution < 1.29 is 0 Å². The third kappa shape index (κ3) is 2.52. The molecule has 2 aliphatic rings. The molecule has 0 unspecified atom stereocenters. The van der Waals surface area contributed by atoms with Crippen molar-refractivity contribution in [3.63, 3.8) is 0 Å². The third-order valence-electron chi connectivity index (χ3n) is 4.31. The summed E-state index contributed by atoms with van der Waals surface area (Å²) in [4.78, 5) is 12.8. The van der Waals surface area contributed by atoms with Crippen LogP contribution in [0.3, 0.4) is 0 Å². The molecule has 1 aliphatic carbocycles. The summed E-state index contributed by atoms with van der Waals surface area (Å²) in [6, 6.07) is 31.9. The highest BCUT2D eigenvalue weighted by Gasteiger charge is 2.22. The summed E-state index contributed by atoms with van der Waals surface area (Å²) in [5.41, 5.74) is 4.13. The van der Waals surface area contributed by atoms with Crippen LogP contribution < -0.4 is 5.56 Å². The first kappa shape index (κ1) is 14.5. The molecule has 1 aliphatic heterocycles. The minimum atomic E-state index is -0.139. The van der Waals surface area contributed by atoms with Crippen molar-refractivity contribution in [2.45, 2.75) is 6.04 Å². The van der Waals surface area contributed by atoms with Crippen LogP contribution in [0.4, 0.5) is 0 Å². The molecule has 0 amide bonds. The van der Waals surface area contributed by atoms with Crippen LogP contribution in [0.2, 0.25) is 0 Å². The molecule has 2 aromatic rings. The summed E-state index contributed by atoms with van der Waals surface area (Å²) in [6.07, 6.45) is 0. The SMILES string of the molecule is O=c1cc2cccccc-2n1C(c1ccccc1)c1ccccc1. The molecule has 24 heavy (non-hydrogen) atoms. The Bertz CT molecular complexity index is 934. The minimum absolute atomic E-state index is 0.0221. The zero-order valence-electron chi connectivity index (χ0n) is 13.2. The molecule has 0 spiro atoms. The fraction of sp³-hybridized carbons (Fsp3) is 0.0455. The van der Waals surface area contributed by atoms with Gasteiger partial charge in [-0.05, 0) is 17.2 Å². The summed E-state index contributed by atoms with van der Waals surface area (Å²) in [6.45, 7) is 0. The topological polar surface area (TPSA) is 22.0 Å².